The first-order valence-electron chi connectivity index (χ1n) is 7.76. The molecular formula is C17H14N4O4S2. The minimum Gasteiger partial charge on any atom is -0.478 e. The molecule has 2 aromatic rings. The number of benzene rings is 1. The zero-order valence-electron chi connectivity index (χ0n) is 13.8. The Morgan fingerprint density at radius 3 is 2.70 bits per heavy atom. The monoisotopic (exact) mass is 402 g/mol. The number of nitrogens with zero attached hydrogens (tertiary/aromatic N) is 2. The molecule has 2 heterocycles. The van der Waals surface area contributed by atoms with Gasteiger partial charge in [0.25, 0.3) is 0 Å². The molecule has 0 bridgehead atoms. The van der Waals surface area contributed by atoms with Gasteiger partial charge in [-0.3, -0.25) is 9.59 Å². The molecule has 1 aliphatic heterocycles. The molecule has 3 rings (SSSR count). The number of thioether (sulfide) groups is 1. The van der Waals surface area contributed by atoms with Gasteiger partial charge in [-0.05, 0) is 35.7 Å². The van der Waals surface area contributed by atoms with E-state index in [2.05, 4.69) is 20.8 Å². The Balaban J connectivity index is 1.53. The Morgan fingerprint density at radius 2 is 2.04 bits per heavy atom. The van der Waals surface area contributed by atoms with Crippen LogP contribution in [0.3, 0.4) is 0 Å². The predicted octanol–water partition coefficient (Wildman–Crippen LogP) is 2.40. The molecule has 27 heavy (non-hydrogen) atoms. The lowest BCUT2D eigenvalue weighted by molar-refractivity contribution is -0.122. The highest BCUT2D eigenvalue weighted by Gasteiger charge is 2.32. The summed E-state index contributed by atoms with van der Waals surface area (Å²) in [5.74, 6) is -1.70. The molecule has 0 aliphatic carbocycles. The van der Waals surface area contributed by atoms with Crippen LogP contribution in [-0.2, 0) is 9.59 Å². The molecule has 3 N–H and O–H groups in total. The average molecular weight is 402 g/mol. The van der Waals surface area contributed by atoms with Crippen molar-refractivity contribution in [1.29, 1.82) is 0 Å². The Kier molecular flexibility index (Phi) is 5.99. The molecule has 10 heteroatoms. The first-order chi connectivity index (χ1) is 13.0. The number of amidine groups is 1. The third-order valence-electron chi connectivity index (χ3n) is 3.44. The van der Waals surface area contributed by atoms with Crippen LogP contribution in [0.25, 0.3) is 0 Å². The zero-order valence-corrected chi connectivity index (χ0v) is 15.4. The van der Waals surface area contributed by atoms with Crippen molar-refractivity contribution < 1.29 is 19.5 Å². The number of carbonyl (C=O) groups is 3. The topological polar surface area (TPSA) is 120 Å². The second kappa shape index (κ2) is 8.60. The third kappa shape index (κ3) is 5.25. The number of anilines is 1. The highest BCUT2D eigenvalue weighted by atomic mass is 32.2. The standard InChI is InChI=1S/C17H14N4O4S2/c22-14(19-11-5-3-10(4-6-11)16(24)25)8-13-15(23)20-17(27-13)21-18-9-12-2-1-7-26-12/h1-7,9,13H,8H2,(H,19,22)(H,24,25)(H,20,21,23). The van der Waals surface area contributed by atoms with Crippen molar-refractivity contribution in [2.45, 2.75) is 11.7 Å². The van der Waals surface area contributed by atoms with Gasteiger partial charge in [-0.25, -0.2) is 4.79 Å². The number of amides is 2. The Hall–Kier alpha value is -2.98. The van der Waals surface area contributed by atoms with E-state index in [0.29, 0.717) is 10.9 Å². The first kappa shape index (κ1) is 18.8. The smallest absolute Gasteiger partial charge is 0.335 e. The summed E-state index contributed by atoms with van der Waals surface area (Å²) in [4.78, 5) is 35.9. The maximum Gasteiger partial charge on any atom is 0.335 e. The number of aromatic carboxylic acids is 1. The molecule has 8 nitrogen and oxygen atoms in total. The highest BCUT2D eigenvalue weighted by Crippen LogP contribution is 2.23. The molecule has 0 radical (unpaired) electrons. The van der Waals surface area contributed by atoms with Gasteiger partial charge in [-0.1, -0.05) is 17.8 Å². The molecule has 1 fully saturated rings. The Morgan fingerprint density at radius 1 is 1.26 bits per heavy atom. The van der Waals surface area contributed by atoms with Crippen molar-refractivity contribution in [1.82, 2.24) is 5.32 Å². The largest absolute Gasteiger partial charge is 0.478 e. The van der Waals surface area contributed by atoms with Crippen molar-refractivity contribution in [3.05, 3.63) is 52.2 Å². The van der Waals surface area contributed by atoms with Crippen LogP contribution in [0, 0.1) is 0 Å². The molecule has 1 saturated heterocycles. The number of thiophene rings is 1. The van der Waals surface area contributed by atoms with E-state index in [9.17, 15) is 14.4 Å². The molecular weight excluding hydrogens is 388 g/mol. The van der Waals surface area contributed by atoms with Crippen molar-refractivity contribution in [3.63, 3.8) is 0 Å². The molecule has 138 valence electrons. The van der Waals surface area contributed by atoms with Gasteiger partial charge in [0.05, 0.1) is 11.8 Å². The summed E-state index contributed by atoms with van der Waals surface area (Å²) in [6.45, 7) is 0. The Labute approximate surface area is 162 Å². The second-order valence-corrected chi connectivity index (χ2v) is 7.57. The van der Waals surface area contributed by atoms with Crippen molar-refractivity contribution in [3.8, 4) is 0 Å². The molecule has 2 amide bonds. The summed E-state index contributed by atoms with van der Waals surface area (Å²) in [6.07, 6.45) is 1.55. The van der Waals surface area contributed by atoms with Gasteiger partial charge >= 0.3 is 5.97 Å². The number of hydrogen-bond acceptors (Lipinski definition) is 7. The lowest BCUT2D eigenvalue weighted by Crippen LogP contribution is -2.28. The molecule has 1 unspecified atom stereocenters. The highest BCUT2D eigenvalue weighted by molar-refractivity contribution is 8.15. The van der Waals surface area contributed by atoms with Crippen molar-refractivity contribution in [2.75, 3.05) is 5.32 Å². The summed E-state index contributed by atoms with van der Waals surface area (Å²) in [7, 11) is 0. The lowest BCUT2D eigenvalue weighted by Gasteiger charge is -2.07. The molecule has 0 spiro atoms. The fourth-order valence-electron chi connectivity index (χ4n) is 2.17. The number of hydrogen-bond donors (Lipinski definition) is 3. The number of carbonyl (C=O) groups excluding carboxylic acids is 2. The molecule has 0 saturated carbocycles. The van der Waals surface area contributed by atoms with Crippen LogP contribution in [0.4, 0.5) is 5.69 Å². The normalized spacial score (nSPS) is 18.0. The molecule has 1 atom stereocenters. The van der Waals surface area contributed by atoms with Crippen LogP contribution in [-0.4, -0.2) is 39.5 Å². The number of rotatable bonds is 6. The first-order valence-corrected chi connectivity index (χ1v) is 9.52. The number of nitrogens with one attached hydrogen (secondary N) is 2. The summed E-state index contributed by atoms with van der Waals surface area (Å²) < 4.78 is 0. The maximum atomic E-state index is 12.1. The van der Waals surface area contributed by atoms with E-state index in [1.807, 2.05) is 17.5 Å². The number of carboxylic acids is 1. The van der Waals surface area contributed by atoms with Crippen LogP contribution in [0.2, 0.25) is 0 Å². The minimum absolute atomic E-state index is 0.0369. The van der Waals surface area contributed by atoms with Crippen LogP contribution < -0.4 is 10.6 Å². The van der Waals surface area contributed by atoms with E-state index in [-0.39, 0.29) is 23.8 Å². The van der Waals surface area contributed by atoms with Gasteiger partial charge in [-0.15, -0.1) is 16.4 Å². The fraction of sp³-hybridized carbons (Fsp3) is 0.118. The summed E-state index contributed by atoms with van der Waals surface area (Å²) in [5, 5.41) is 23.6. The maximum absolute atomic E-state index is 12.1. The quantitative estimate of drug-likeness (QED) is 0.506. The molecule has 1 aromatic heterocycles. The van der Waals surface area contributed by atoms with E-state index >= 15 is 0 Å². The van der Waals surface area contributed by atoms with Gasteiger partial charge in [-0.2, -0.15) is 5.10 Å². The van der Waals surface area contributed by atoms with E-state index < -0.39 is 11.2 Å². The van der Waals surface area contributed by atoms with Crippen LogP contribution in [0.1, 0.15) is 21.7 Å². The van der Waals surface area contributed by atoms with Crippen LogP contribution in [0.5, 0.6) is 0 Å². The van der Waals surface area contributed by atoms with Crippen molar-refractivity contribution >= 4 is 58.0 Å². The SMILES string of the molecule is O=C(CC1S/C(=N/N=Cc2cccs2)NC1=O)Nc1ccc(C(=O)O)cc1. The van der Waals surface area contributed by atoms with Gasteiger partial charge in [0.2, 0.25) is 11.8 Å². The van der Waals surface area contributed by atoms with E-state index in [1.165, 1.54) is 35.6 Å². The van der Waals surface area contributed by atoms with E-state index in [1.54, 1.807) is 6.21 Å². The van der Waals surface area contributed by atoms with Gasteiger partial charge in [0.1, 0.15) is 5.25 Å². The Bertz CT molecular complexity index is 908. The fourth-order valence-corrected chi connectivity index (χ4v) is 3.67. The van der Waals surface area contributed by atoms with Gasteiger partial charge in [0, 0.05) is 17.0 Å². The predicted molar refractivity (Wildman–Crippen MR) is 106 cm³/mol. The second-order valence-electron chi connectivity index (χ2n) is 5.40. The van der Waals surface area contributed by atoms with Crippen molar-refractivity contribution in [2.24, 2.45) is 10.2 Å². The lowest BCUT2D eigenvalue weighted by atomic mass is 10.2. The minimum atomic E-state index is -1.04. The van der Waals surface area contributed by atoms with E-state index in [0.717, 1.165) is 16.6 Å². The zero-order chi connectivity index (χ0) is 19.2. The summed E-state index contributed by atoms with van der Waals surface area (Å²) in [5.41, 5.74) is 0.588. The summed E-state index contributed by atoms with van der Waals surface area (Å²) in [6, 6.07) is 9.57. The average Bonchev–Trinajstić information content (AvgIpc) is 3.26. The van der Waals surface area contributed by atoms with Gasteiger partial charge in [0.15, 0.2) is 5.17 Å². The summed E-state index contributed by atoms with van der Waals surface area (Å²) >= 11 is 2.66. The van der Waals surface area contributed by atoms with Crippen LogP contribution in [0.15, 0.2) is 52.0 Å². The van der Waals surface area contributed by atoms with E-state index in [4.69, 9.17) is 5.11 Å². The molecule has 1 aromatic carbocycles. The van der Waals surface area contributed by atoms with Gasteiger partial charge < -0.3 is 15.7 Å². The third-order valence-corrected chi connectivity index (χ3v) is 5.32. The molecule has 1 aliphatic rings. The van der Waals surface area contributed by atoms with Crippen LogP contribution >= 0.6 is 23.1 Å². The number of carboxylic acid groups (broad SMARTS) is 1.